The van der Waals surface area contributed by atoms with Crippen LogP contribution in [0, 0.1) is 12.8 Å². The summed E-state index contributed by atoms with van der Waals surface area (Å²) in [7, 11) is 0. The highest BCUT2D eigenvalue weighted by Gasteiger charge is 2.27. The van der Waals surface area contributed by atoms with Crippen molar-refractivity contribution in [1.82, 2.24) is 4.90 Å². The van der Waals surface area contributed by atoms with Crippen LogP contribution >= 0.6 is 0 Å². The first-order valence-corrected chi connectivity index (χ1v) is 7.24. The third-order valence-electron chi connectivity index (χ3n) is 3.77. The lowest BCUT2D eigenvalue weighted by molar-refractivity contribution is -0.138. The molecule has 1 saturated heterocycles. The Kier molecular flexibility index (Phi) is 5.20. The van der Waals surface area contributed by atoms with Crippen LogP contribution < -0.4 is 4.74 Å². The summed E-state index contributed by atoms with van der Waals surface area (Å²) in [6, 6.07) is 7.70. The van der Waals surface area contributed by atoms with Crippen LogP contribution in [-0.4, -0.2) is 41.6 Å². The second-order valence-electron chi connectivity index (χ2n) is 5.46. The van der Waals surface area contributed by atoms with Gasteiger partial charge in [0.15, 0.2) is 0 Å². The molecule has 0 spiro atoms. The Morgan fingerprint density at radius 1 is 1.38 bits per heavy atom. The van der Waals surface area contributed by atoms with E-state index in [1.54, 1.807) is 4.90 Å². The fraction of sp³-hybridized carbons (Fsp3) is 0.500. The van der Waals surface area contributed by atoms with E-state index in [4.69, 9.17) is 9.84 Å². The van der Waals surface area contributed by atoms with Gasteiger partial charge in [0.1, 0.15) is 5.75 Å². The number of rotatable bonds is 6. The van der Waals surface area contributed by atoms with Crippen LogP contribution in [0.1, 0.15) is 24.8 Å². The first kappa shape index (κ1) is 15.4. The van der Waals surface area contributed by atoms with Gasteiger partial charge in [-0.25, -0.2) is 0 Å². The molecule has 114 valence electrons. The molecular formula is C16H21NO4. The van der Waals surface area contributed by atoms with Crippen molar-refractivity contribution in [2.45, 2.75) is 26.2 Å². The molecule has 21 heavy (non-hydrogen) atoms. The maximum Gasteiger partial charge on any atom is 0.303 e. The average molecular weight is 291 g/mol. The van der Waals surface area contributed by atoms with E-state index in [1.165, 1.54) is 0 Å². The zero-order chi connectivity index (χ0) is 15.2. The van der Waals surface area contributed by atoms with Crippen LogP contribution in [-0.2, 0) is 9.59 Å². The average Bonchev–Trinajstić information content (AvgIpc) is 2.88. The van der Waals surface area contributed by atoms with E-state index in [-0.39, 0.29) is 18.2 Å². The fourth-order valence-electron chi connectivity index (χ4n) is 2.60. The Hall–Kier alpha value is -2.04. The molecule has 1 amide bonds. The molecule has 1 aromatic carbocycles. The molecule has 5 nitrogen and oxygen atoms in total. The largest absolute Gasteiger partial charge is 0.493 e. The van der Waals surface area contributed by atoms with Crippen molar-refractivity contribution in [3.63, 3.8) is 0 Å². The molecule has 0 radical (unpaired) electrons. The van der Waals surface area contributed by atoms with Gasteiger partial charge in [0, 0.05) is 19.5 Å². The number of likely N-dealkylation sites (tertiary alicyclic amines) is 1. The number of carboxylic acids is 1. The number of hydrogen-bond acceptors (Lipinski definition) is 3. The van der Waals surface area contributed by atoms with Crippen molar-refractivity contribution in [1.29, 1.82) is 0 Å². The van der Waals surface area contributed by atoms with Crippen LogP contribution in [0.2, 0.25) is 0 Å². The predicted octanol–water partition coefficient (Wildman–Crippen LogP) is 2.09. The Balaban J connectivity index is 1.73. The molecule has 1 N–H and O–H groups in total. The van der Waals surface area contributed by atoms with Crippen LogP contribution in [0.5, 0.6) is 5.75 Å². The topological polar surface area (TPSA) is 66.8 Å². The van der Waals surface area contributed by atoms with Crippen LogP contribution in [0.25, 0.3) is 0 Å². The van der Waals surface area contributed by atoms with Crippen LogP contribution in [0.15, 0.2) is 24.3 Å². The normalized spacial score (nSPS) is 17.8. The Morgan fingerprint density at radius 3 is 2.86 bits per heavy atom. The van der Waals surface area contributed by atoms with Gasteiger partial charge < -0.3 is 14.7 Å². The van der Waals surface area contributed by atoms with Gasteiger partial charge in [-0.05, 0) is 30.9 Å². The number of aliphatic carboxylic acids is 1. The highest BCUT2D eigenvalue weighted by atomic mass is 16.5. The summed E-state index contributed by atoms with van der Waals surface area (Å²) in [6.07, 6.45) is 1.24. The molecule has 1 atom stereocenters. The summed E-state index contributed by atoms with van der Waals surface area (Å²) >= 11 is 0. The molecule has 0 bridgehead atoms. The molecule has 5 heteroatoms. The Bertz CT molecular complexity index is 515. The molecular weight excluding hydrogens is 270 g/mol. The highest BCUT2D eigenvalue weighted by molar-refractivity contribution is 5.76. The number of carbonyl (C=O) groups is 2. The smallest absolute Gasteiger partial charge is 0.303 e. The van der Waals surface area contributed by atoms with Crippen LogP contribution in [0.4, 0.5) is 0 Å². The number of ether oxygens (including phenoxy) is 1. The van der Waals surface area contributed by atoms with Crippen molar-refractivity contribution in [2.24, 2.45) is 5.92 Å². The van der Waals surface area contributed by atoms with Crippen molar-refractivity contribution in [3.05, 3.63) is 29.8 Å². The van der Waals surface area contributed by atoms with E-state index in [1.807, 2.05) is 31.2 Å². The van der Waals surface area contributed by atoms with Gasteiger partial charge in [0.05, 0.1) is 13.0 Å². The van der Waals surface area contributed by atoms with E-state index in [0.717, 1.165) is 17.7 Å². The predicted molar refractivity (Wildman–Crippen MR) is 78.2 cm³/mol. The molecule has 1 fully saturated rings. The van der Waals surface area contributed by atoms with Crippen molar-refractivity contribution < 1.29 is 19.4 Å². The van der Waals surface area contributed by atoms with Gasteiger partial charge in [0.2, 0.25) is 5.91 Å². The number of amides is 1. The van der Waals surface area contributed by atoms with Gasteiger partial charge in [-0.15, -0.1) is 0 Å². The highest BCUT2D eigenvalue weighted by Crippen LogP contribution is 2.20. The van der Waals surface area contributed by atoms with Gasteiger partial charge in [-0.2, -0.15) is 0 Å². The molecule has 1 aliphatic heterocycles. The number of carboxylic acid groups (broad SMARTS) is 1. The summed E-state index contributed by atoms with van der Waals surface area (Å²) < 4.78 is 5.62. The van der Waals surface area contributed by atoms with Gasteiger partial charge >= 0.3 is 5.97 Å². The number of hydrogen-bond donors (Lipinski definition) is 1. The minimum Gasteiger partial charge on any atom is -0.493 e. The standard InChI is InChI=1S/C16H21NO4/c1-12-4-2-3-5-14(12)21-9-7-15(18)17-8-6-13(11-17)10-16(19)20/h2-5,13H,6-11H2,1H3,(H,19,20). The molecule has 2 rings (SSSR count). The van der Waals surface area contributed by atoms with Crippen LogP contribution in [0.3, 0.4) is 0 Å². The Labute approximate surface area is 124 Å². The molecule has 0 saturated carbocycles. The summed E-state index contributed by atoms with van der Waals surface area (Å²) in [5.74, 6) is 0.132. The summed E-state index contributed by atoms with van der Waals surface area (Å²) in [5, 5.41) is 8.77. The molecule has 1 unspecified atom stereocenters. The minimum absolute atomic E-state index is 0.0384. The zero-order valence-corrected chi connectivity index (χ0v) is 12.2. The van der Waals surface area contributed by atoms with Gasteiger partial charge in [-0.3, -0.25) is 9.59 Å². The second kappa shape index (κ2) is 7.11. The summed E-state index contributed by atoms with van der Waals surface area (Å²) in [4.78, 5) is 24.5. The van der Waals surface area contributed by atoms with Crippen molar-refractivity contribution >= 4 is 11.9 Å². The molecule has 1 heterocycles. The van der Waals surface area contributed by atoms with Crippen molar-refractivity contribution in [2.75, 3.05) is 19.7 Å². The third kappa shape index (κ3) is 4.48. The number of para-hydroxylation sites is 1. The number of benzene rings is 1. The first-order valence-electron chi connectivity index (χ1n) is 7.24. The Morgan fingerprint density at radius 2 is 2.14 bits per heavy atom. The van der Waals surface area contributed by atoms with Crippen molar-refractivity contribution in [3.8, 4) is 5.75 Å². The van der Waals surface area contributed by atoms with E-state index < -0.39 is 5.97 Å². The summed E-state index contributed by atoms with van der Waals surface area (Å²) in [6.45, 7) is 3.52. The molecule has 1 aliphatic rings. The van der Waals surface area contributed by atoms with E-state index in [2.05, 4.69) is 0 Å². The number of aryl methyl sites for hydroxylation is 1. The minimum atomic E-state index is -0.794. The van der Waals surface area contributed by atoms with Gasteiger partial charge in [-0.1, -0.05) is 18.2 Å². The monoisotopic (exact) mass is 291 g/mol. The summed E-state index contributed by atoms with van der Waals surface area (Å²) in [5.41, 5.74) is 1.05. The van der Waals surface area contributed by atoms with E-state index >= 15 is 0 Å². The van der Waals surface area contributed by atoms with Gasteiger partial charge in [0.25, 0.3) is 0 Å². The number of carbonyl (C=O) groups excluding carboxylic acids is 1. The molecule has 1 aromatic rings. The second-order valence-corrected chi connectivity index (χ2v) is 5.46. The van der Waals surface area contributed by atoms with E-state index in [9.17, 15) is 9.59 Å². The molecule has 0 aromatic heterocycles. The lowest BCUT2D eigenvalue weighted by Gasteiger charge is -2.16. The fourth-order valence-corrected chi connectivity index (χ4v) is 2.60. The maximum absolute atomic E-state index is 12.1. The van der Waals surface area contributed by atoms with E-state index in [0.29, 0.717) is 26.1 Å². The third-order valence-corrected chi connectivity index (χ3v) is 3.77. The lowest BCUT2D eigenvalue weighted by atomic mass is 10.1. The quantitative estimate of drug-likeness (QED) is 0.871. The lowest BCUT2D eigenvalue weighted by Crippen LogP contribution is -2.30. The maximum atomic E-state index is 12.1. The molecule has 0 aliphatic carbocycles. The SMILES string of the molecule is Cc1ccccc1OCCC(=O)N1CCC(CC(=O)O)C1. The first-order chi connectivity index (χ1) is 10.1. The number of nitrogens with zero attached hydrogens (tertiary/aromatic N) is 1. The zero-order valence-electron chi connectivity index (χ0n) is 12.2.